The maximum absolute atomic E-state index is 12.6. The van der Waals surface area contributed by atoms with Gasteiger partial charge in [-0.1, -0.05) is 12.1 Å². The summed E-state index contributed by atoms with van der Waals surface area (Å²) in [4.78, 5) is 28.3. The summed E-state index contributed by atoms with van der Waals surface area (Å²) in [5, 5.41) is 0. The molecule has 0 radical (unpaired) electrons. The predicted octanol–water partition coefficient (Wildman–Crippen LogP) is 3.67. The van der Waals surface area contributed by atoms with Crippen molar-refractivity contribution < 1.29 is 4.79 Å². The number of para-hydroxylation sites is 2. The van der Waals surface area contributed by atoms with Gasteiger partial charge in [-0.2, -0.15) is 0 Å². The van der Waals surface area contributed by atoms with Gasteiger partial charge in [0, 0.05) is 30.3 Å². The van der Waals surface area contributed by atoms with E-state index in [1.54, 1.807) is 11.3 Å². The number of piperidine rings is 1. The van der Waals surface area contributed by atoms with Gasteiger partial charge in [-0.3, -0.25) is 4.79 Å². The normalized spacial score (nSPS) is 18.0. The number of H-pyrrole nitrogens is 1. The number of aromatic amines is 1. The smallest absolute Gasteiger partial charge is 0.222 e. The first-order valence-electron chi connectivity index (χ1n) is 8.82. The number of hydrogen-bond donors (Lipinski definition) is 1. The Hall–Kier alpha value is -2.21. The highest BCUT2D eigenvalue weighted by Gasteiger charge is 2.26. The van der Waals surface area contributed by atoms with E-state index < -0.39 is 0 Å². The Morgan fingerprint density at radius 2 is 2.28 bits per heavy atom. The van der Waals surface area contributed by atoms with E-state index in [4.69, 9.17) is 4.98 Å². The fraction of sp³-hybridized carbons (Fsp3) is 0.421. The number of benzene rings is 1. The highest BCUT2D eigenvalue weighted by atomic mass is 32.1. The van der Waals surface area contributed by atoms with E-state index in [1.165, 1.54) is 4.88 Å². The molecule has 3 heterocycles. The molecule has 6 heteroatoms. The van der Waals surface area contributed by atoms with Crippen LogP contribution < -0.4 is 0 Å². The molecule has 0 spiro atoms. The van der Waals surface area contributed by atoms with Crippen LogP contribution in [-0.4, -0.2) is 38.8 Å². The molecular weight excluding hydrogens is 332 g/mol. The zero-order valence-electron chi connectivity index (χ0n) is 14.4. The molecule has 130 valence electrons. The van der Waals surface area contributed by atoms with E-state index in [2.05, 4.69) is 16.0 Å². The van der Waals surface area contributed by atoms with Crippen LogP contribution in [-0.2, 0) is 11.2 Å². The fourth-order valence-electron chi connectivity index (χ4n) is 3.54. The van der Waals surface area contributed by atoms with Gasteiger partial charge in [0.05, 0.1) is 22.2 Å². The molecule has 0 unspecified atom stereocenters. The Kier molecular flexibility index (Phi) is 4.53. The van der Waals surface area contributed by atoms with Crippen molar-refractivity contribution in [3.05, 3.63) is 46.2 Å². The van der Waals surface area contributed by atoms with Crippen molar-refractivity contribution in [2.75, 3.05) is 13.1 Å². The molecule has 5 nitrogen and oxygen atoms in total. The third kappa shape index (κ3) is 3.44. The van der Waals surface area contributed by atoms with Crippen molar-refractivity contribution in [2.24, 2.45) is 0 Å². The maximum atomic E-state index is 12.6. The number of aryl methyl sites for hydroxylation is 2. The second-order valence-corrected chi connectivity index (χ2v) is 7.62. The second kappa shape index (κ2) is 6.96. The predicted molar refractivity (Wildman–Crippen MR) is 99.8 cm³/mol. The lowest BCUT2D eigenvalue weighted by Crippen LogP contribution is -2.39. The summed E-state index contributed by atoms with van der Waals surface area (Å²) >= 11 is 1.64. The molecule has 1 N–H and O–H groups in total. The maximum Gasteiger partial charge on any atom is 0.222 e. The summed E-state index contributed by atoms with van der Waals surface area (Å²) in [5.74, 6) is 1.56. The van der Waals surface area contributed by atoms with Gasteiger partial charge in [0.1, 0.15) is 5.82 Å². The molecule has 1 aliphatic heterocycles. The summed E-state index contributed by atoms with van der Waals surface area (Å²) < 4.78 is 0. The van der Waals surface area contributed by atoms with Gasteiger partial charge in [-0.15, -0.1) is 11.3 Å². The molecule has 1 fully saturated rings. The number of carbonyl (C=O) groups is 1. The number of aromatic nitrogens is 3. The topological polar surface area (TPSA) is 61.9 Å². The zero-order valence-corrected chi connectivity index (χ0v) is 15.2. The molecule has 2 aromatic heterocycles. The minimum Gasteiger partial charge on any atom is -0.342 e. The number of likely N-dealkylation sites (tertiary alicyclic amines) is 1. The van der Waals surface area contributed by atoms with Crippen LogP contribution in [0, 0.1) is 6.92 Å². The van der Waals surface area contributed by atoms with E-state index in [0.29, 0.717) is 12.3 Å². The quantitative estimate of drug-likeness (QED) is 0.778. The zero-order chi connectivity index (χ0) is 17.2. The third-order valence-corrected chi connectivity index (χ3v) is 5.97. The van der Waals surface area contributed by atoms with Gasteiger partial charge in [0.25, 0.3) is 0 Å². The van der Waals surface area contributed by atoms with Crippen LogP contribution in [0.1, 0.15) is 41.6 Å². The average Bonchev–Trinajstić information content (AvgIpc) is 3.25. The van der Waals surface area contributed by atoms with Gasteiger partial charge in [-0.05, 0) is 38.3 Å². The standard InChI is InChI=1S/C19H22N4OS/c1-13-17(25-12-20-13)8-9-18(24)23-10-4-5-14(11-23)19-21-15-6-2-3-7-16(15)22-19/h2-3,6-7,12,14H,4-5,8-11H2,1H3,(H,21,22)/t14-/m0/s1. The molecule has 25 heavy (non-hydrogen) atoms. The monoisotopic (exact) mass is 354 g/mol. The average molecular weight is 354 g/mol. The largest absolute Gasteiger partial charge is 0.342 e. The summed E-state index contributed by atoms with van der Waals surface area (Å²) in [7, 11) is 0. The lowest BCUT2D eigenvalue weighted by Gasteiger charge is -2.32. The van der Waals surface area contributed by atoms with Crippen LogP contribution in [0.3, 0.4) is 0 Å². The van der Waals surface area contributed by atoms with Gasteiger partial charge < -0.3 is 9.88 Å². The number of imidazole rings is 1. The molecule has 0 aliphatic carbocycles. The first-order valence-corrected chi connectivity index (χ1v) is 9.70. The number of nitrogens with zero attached hydrogens (tertiary/aromatic N) is 3. The van der Waals surface area contributed by atoms with Crippen molar-refractivity contribution in [2.45, 2.75) is 38.5 Å². The first-order chi connectivity index (χ1) is 12.2. The van der Waals surface area contributed by atoms with Crippen molar-refractivity contribution in [3.8, 4) is 0 Å². The van der Waals surface area contributed by atoms with E-state index >= 15 is 0 Å². The first kappa shape index (κ1) is 16.3. The molecule has 1 amide bonds. The van der Waals surface area contributed by atoms with Crippen molar-refractivity contribution in [1.29, 1.82) is 0 Å². The van der Waals surface area contributed by atoms with Gasteiger partial charge in [0.2, 0.25) is 5.91 Å². The van der Waals surface area contributed by atoms with Gasteiger partial charge in [-0.25, -0.2) is 9.97 Å². The molecule has 1 aliphatic rings. The summed E-state index contributed by atoms with van der Waals surface area (Å²) in [5.41, 5.74) is 4.98. The fourth-order valence-corrected chi connectivity index (χ4v) is 4.32. The van der Waals surface area contributed by atoms with Crippen LogP contribution in [0.5, 0.6) is 0 Å². The number of thiazole rings is 1. The lowest BCUT2D eigenvalue weighted by atomic mass is 9.97. The van der Waals surface area contributed by atoms with Crippen LogP contribution in [0.15, 0.2) is 29.8 Å². The molecule has 4 rings (SSSR count). The molecule has 0 saturated carbocycles. The summed E-state index contributed by atoms with van der Waals surface area (Å²) in [6.07, 6.45) is 3.47. The summed E-state index contributed by atoms with van der Waals surface area (Å²) in [6, 6.07) is 8.10. The van der Waals surface area contributed by atoms with Gasteiger partial charge in [0.15, 0.2) is 0 Å². The Morgan fingerprint density at radius 3 is 3.08 bits per heavy atom. The number of fused-ring (bicyclic) bond motifs is 1. The molecule has 1 saturated heterocycles. The second-order valence-electron chi connectivity index (χ2n) is 6.68. The Labute approximate surface area is 151 Å². The Bertz CT molecular complexity index is 851. The Morgan fingerprint density at radius 1 is 1.40 bits per heavy atom. The van der Waals surface area contributed by atoms with Crippen LogP contribution in [0.4, 0.5) is 0 Å². The Balaban J connectivity index is 1.41. The van der Waals surface area contributed by atoms with Crippen molar-refractivity contribution in [1.82, 2.24) is 19.9 Å². The number of nitrogens with one attached hydrogen (secondary N) is 1. The number of hydrogen-bond acceptors (Lipinski definition) is 4. The van der Waals surface area contributed by atoms with E-state index in [1.807, 2.05) is 35.5 Å². The lowest BCUT2D eigenvalue weighted by molar-refractivity contribution is -0.132. The van der Waals surface area contributed by atoms with Crippen LogP contribution >= 0.6 is 11.3 Å². The molecule has 3 aromatic rings. The minimum absolute atomic E-state index is 0.244. The van der Waals surface area contributed by atoms with Crippen LogP contribution in [0.25, 0.3) is 11.0 Å². The van der Waals surface area contributed by atoms with E-state index in [0.717, 1.165) is 54.9 Å². The molecular formula is C19H22N4OS. The van der Waals surface area contributed by atoms with Crippen LogP contribution in [0.2, 0.25) is 0 Å². The van der Waals surface area contributed by atoms with Crippen molar-refractivity contribution in [3.63, 3.8) is 0 Å². The number of amides is 1. The number of rotatable bonds is 4. The minimum atomic E-state index is 0.244. The van der Waals surface area contributed by atoms with E-state index in [-0.39, 0.29) is 5.91 Å². The van der Waals surface area contributed by atoms with Crippen molar-refractivity contribution >= 4 is 28.3 Å². The van der Waals surface area contributed by atoms with E-state index in [9.17, 15) is 4.79 Å². The highest BCUT2D eigenvalue weighted by Crippen LogP contribution is 2.27. The summed E-state index contributed by atoms with van der Waals surface area (Å²) in [6.45, 7) is 3.63. The van der Waals surface area contributed by atoms with Gasteiger partial charge >= 0.3 is 0 Å². The molecule has 0 bridgehead atoms. The SMILES string of the molecule is Cc1ncsc1CCC(=O)N1CCC[C@H](c2nc3ccccc3[nH]2)C1. The molecule has 1 atom stereocenters. The molecule has 1 aromatic carbocycles. The third-order valence-electron chi connectivity index (χ3n) is 4.98. The highest BCUT2D eigenvalue weighted by molar-refractivity contribution is 7.09. The number of carbonyl (C=O) groups excluding carboxylic acids is 1.